The van der Waals surface area contributed by atoms with Gasteiger partial charge in [0.25, 0.3) is 0 Å². The molecule has 0 amide bonds. The third kappa shape index (κ3) is 4.98. The average Bonchev–Trinajstić information content (AvgIpc) is 3.53. The number of fused-ring (bicyclic) bond motifs is 6. The van der Waals surface area contributed by atoms with Crippen molar-refractivity contribution < 1.29 is 0 Å². The molecule has 0 fully saturated rings. The normalized spacial score (nSPS) is 17.9. The van der Waals surface area contributed by atoms with E-state index in [0.717, 1.165) is 37.0 Å². The number of rotatable bonds is 5. The fourth-order valence-electron chi connectivity index (χ4n) is 7.05. The van der Waals surface area contributed by atoms with Crippen LogP contribution in [0.15, 0.2) is 113 Å². The van der Waals surface area contributed by atoms with Gasteiger partial charge in [0.2, 0.25) is 0 Å². The molecule has 0 atom stereocenters. The molecule has 45 heavy (non-hydrogen) atoms. The Labute approximate surface area is 270 Å². The zero-order valence-electron chi connectivity index (χ0n) is 26.6. The lowest BCUT2D eigenvalue weighted by Crippen LogP contribution is -2.04. The summed E-state index contributed by atoms with van der Waals surface area (Å²) < 4.78 is 4.90. The summed E-state index contributed by atoms with van der Waals surface area (Å²) in [4.78, 5) is 7.75. The highest BCUT2D eigenvalue weighted by Crippen LogP contribution is 2.49. The second-order valence-electron chi connectivity index (χ2n) is 11.9. The summed E-state index contributed by atoms with van der Waals surface area (Å²) in [6, 6.07) is 19.6. The van der Waals surface area contributed by atoms with Crippen LogP contribution in [0.5, 0.6) is 0 Å². The number of hydrogen-bond donors (Lipinski definition) is 0. The van der Waals surface area contributed by atoms with Gasteiger partial charge >= 0.3 is 0 Å². The van der Waals surface area contributed by atoms with Crippen LogP contribution in [0, 0.1) is 0 Å². The number of thioether (sulfide) groups is 1. The van der Waals surface area contributed by atoms with Crippen molar-refractivity contribution in [1.29, 1.82) is 0 Å². The Hall–Kier alpha value is -4.54. The quantitative estimate of drug-likeness (QED) is 0.199. The first-order valence-corrected chi connectivity index (χ1v) is 16.8. The van der Waals surface area contributed by atoms with Crippen LogP contribution >= 0.6 is 11.8 Å². The lowest BCUT2D eigenvalue weighted by Gasteiger charge is -2.21. The Morgan fingerprint density at radius 2 is 1.80 bits per heavy atom. The summed E-state index contributed by atoms with van der Waals surface area (Å²) >= 11 is 1.87. The Kier molecular flexibility index (Phi) is 7.85. The van der Waals surface area contributed by atoms with Gasteiger partial charge in [-0.3, -0.25) is 4.98 Å². The van der Waals surface area contributed by atoms with Gasteiger partial charge in [-0.2, -0.15) is 0 Å². The molecule has 2 aliphatic rings. The Morgan fingerprint density at radius 3 is 2.56 bits per heavy atom. The van der Waals surface area contributed by atoms with Crippen LogP contribution in [0.4, 0.5) is 0 Å². The van der Waals surface area contributed by atoms with E-state index in [4.69, 9.17) is 4.98 Å². The van der Waals surface area contributed by atoms with E-state index >= 15 is 0 Å². The first kappa shape index (κ1) is 29.2. The molecule has 0 N–H and O–H groups in total. The van der Waals surface area contributed by atoms with E-state index in [-0.39, 0.29) is 0 Å². The molecule has 5 aromatic rings. The summed E-state index contributed by atoms with van der Waals surface area (Å²) in [5, 5.41) is 2.57. The molecule has 0 radical (unpaired) electrons. The van der Waals surface area contributed by atoms with Crippen LogP contribution in [0.3, 0.4) is 0 Å². The number of para-hydroxylation sites is 2. The van der Waals surface area contributed by atoms with Gasteiger partial charge in [-0.05, 0) is 85.6 Å². The molecule has 7 rings (SSSR count). The fraction of sp³-hybridized carbons (Fsp3) is 0.195. The van der Waals surface area contributed by atoms with Gasteiger partial charge in [0, 0.05) is 51.3 Å². The standard InChI is InChI=1S/C41H39N3S/c1-6-15-35-32(8-3)33-23-22-30(18-14-21-36(33)43(35)29-16-10-9-11-17-29)44-37-20-13-12-19-34(37)39-38(44)26-42-40-28(24-27(4)5)25-31(7-2)45-41(39)40/h6-7,9-17,19-22,24,26H,4,8,18,23,25H2,1-3,5H3/b15-6-,21-14?,28-24+,30-22+,31-7+. The number of hydrogen-bond acceptors (Lipinski definition) is 2. The molecule has 1 aliphatic heterocycles. The Bertz CT molecular complexity index is 2130. The molecule has 3 aromatic heterocycles. The van der Waals surface area contributed by atoms with Crippen molar-refractivity contribution in [1.82, 2.24) is 14.1 Å². The number of nitrogens with zero attached hydrogens (tertiary/aromatic N) is 3. The molecule has 0 bridgehead atoms. The van der Waals surface area contributed by atoms with Gasteiger partial charge in [-0.15, -0.1) is 0 Å². The molecule has 3 nitrogen and oxygen atoms in total. The maximum Gasteiger partial charge on any atom is 0.0812 e. The SMILES string of the molecule is C=C(C)/C=C1\C/C(=C\C)Sc2c1ncc1c2c2ccccc2n1/C1=C/Cc2c(CC)c(/C=C\C)n(-c3ccccc3)c2C=CC1. The van der Waals surface area contributed by atoms with Crippen LogP contribution < -0.4 is 0 Å². The zero-order valence-corrected chi connectivity index (χ0v) is 27.4. The van der Waals surface area contributed by atoms with Crippen molar-refractivity contribution in [2.75, 3.05) is 0 Å². The molecule has 4 heterocycles. The molecule has 0 saturated carbocycles. The van der Waals surface area contributed by atoms with E-state index in [2.05, 4.69) is 147 Å². The van der Waals surface area contributed by atoms with Crippen molar-refractivity contribution >= 4 is 57.0 Å². The largest absolute Gasteiger partial charge is 0.311 e. The Morgan fingerprint density at radius 1 is 1.00 bits per heavy atom. The van der Waals surface area contributed by atoms with Crippen molar-refractivity contribution in [2.24, 2.45) is 0 Å². The van der Waals surface area contributed by atoms with Gasteiger partial charge in [-0.25, -0.2) is 0 Å². The summed E-state index contributed by atoms with van der Waals surface area (Å²) in [7, 11) is 0. The van der Waals surface area contributed by atoms with Crippen LogP contribution in [-0.4, -0.2) is 14.1 Å². The summed E-state index contributed by atoms with van der Waals surface area (Å²) in [5.74, 6) is 0. The summed E-state index contributed by atoms with van der Waals surface area (Å²) in [5.41, 5.74) is 13.7. The highest BCUT2D eigenvalue weighted by atomic mass is 32.2. The van der Waals surface area contributed by atoms with Crippen LogP contribution in [0.2, 0.25) is 0 Å². The van der Waals surface area contributed by atoms with Gasteiger partial charge < -0.3 is 9.13 Å². The second kappa shape index (κ2) is 12.1. The third-order valence-corrected chi connectivity index (χ3v) is 10.1. The minimum atomic E-state index is 0.832. The molecule has 0 unspecified atom stereocenters. The van der Waals surface area contributed by atoms with Crippen LogP contribution in [0.1, 0.15) is 68.7 Å². The number of benzene rings is 2. The molecule has 0 saturated heterocycles. The van der Waals surface area contributed by atoms with Crippen molar-refractivity contribution in [3.8, 4) is 5.69 Å². The Balaban J connectivity index is 1.44. The van der Waals surface area contributed by atoms with Crippen molar-refractivity contribution in [3.63, 3.8) is 0 Å². The minimum absolute atomic E-state index is 0.832. The van der Waals surface area contributed by atoms with E-state index < -0.39 is 0 Å². The third-order valence-electron chi connectivity index (χ3n) is 8.90. The fourth-order valence-corrected chi connectivity index (χ4v) is 8.25. The molecular formula is C41H39N3S. The van der Waals surface area contributed by atoms with Gasteiger partial charge in [0.05, 0.1) is 22.9 Å². The molecule has 224 valence electrons. The lowest BCUT2D eigenvalue weighted by molar-refractivity contribution is 1.02. The summed E-state index contributed by atoms with van der Waals surface area (Å²) in [6.07, 6.45) is 21.7. The van der Waals surface area contributed by atoms with E-state index in [1.165, 1.54) is 71.1 Å². The monoisotopic (exact) mass is 605 g/mol. The molecule has 1 aliphatic carbocycles. The lowest BCUT2D eigenvalue weighted by atomic mass is 9.99. The number of aromatic nitrogens is 3. The van der Waals surface area contributed by atoms with Crippen molar-refractivity contribution in [2.45, 2.75) is 58.3 Å². The zero-order chi connectivity index (χ0) is 31.1. The first-order valence-electron chi connectivity index (χ1n) is 16.0. The van der Waals surface area contributed by atoms with E-state index in [0.29, 0.717) is 0 Å². The van der Waals surface area contributed by atoms with E-state index in [9.17, 15) is 0 Å². The maximum absolute atomic E-state index is 5.14. The minimum Gasteiger partial charge on any atom is -0.311 e. The van der Waals surface area contributed by atoms with Gasteiger partial charge in [0.15, 0.2) is 0 Å². The molecule has 2 aromatic carbocycles. The van der Waals surface area contributed by atoms with Crippen molar-refractivity contribution in [3.05, 3.63) is 136 Å². The highest BCUT2D eigenvalue weighted by Gasteiger charge is 2.26. The van der Waals surface area contributed by atoms with Crippen LogP contribution in [-0.2, 0) is 12.8 Å². The topological polar surface area (TPSA) is 22.8 Å². The predicted molar refractivity (Wildman–Crippen MR) is 196 cm³/mol. The maximum atomic E-state index is 5.14. The van der Waals surface area contributed by atoms with Gasteiger partial charge in [0.1, 0.15) is 0 Å². The van der Waals surface area contributed by atoms with Crippen LogP contribution in [0.25, 0.3) is 50.9 Å². The van der Waals surface area contributed by atoms with E-state index in [1.54, 1.807) is 0 Å². The number of pyridine rings is 1. The first-order chi connectivity index (χ1) is 22.0. The summed E-state index contributed by atoms with van der Waals surface area (Å²) in [6.45, 7) is 12.8. The van der Waals surface area contributed by atoms with E-state index in [1.807, 2.05) is 11.8 Å². The van der Waals surface area contributed by atoms with Gasteiger partial charge in [-0.1, -0.05) is 97.6 Å². The smallest absolute Gasteiger partial charge is 0.0812 e. The average molecular weight is 606 g/mol. The number of allylic oxidation sites excluding steroid dienone is 9. The molecule has 0 spiro atoms. The molecular weight excluding hydrogens is 567 g/mol. The predicted octanol–water partition coefficient (Wildman–Crippen LogP) is 11.4. The second-order valence-corrected chi connectivity index (χ2v) is 13.0. The molecule has 4 heteroatoms. The highest BCUT2D eigenvalue weighted by molar-refractivity contribution is 8.03.